The Kier molecular flexibility index (Phi) is 5.03. The van der Waals surface area contributed by atoms with E-state index in [1.807, 2.05) is 25.1 Å². The van der Waals surface area contributed by atoms with Crippen molar-refractivity contribution >= 4 is 16.9 Å². The van der Waals surface area contributed by atoms with E-state index in [1.54, 1.807) is 36.4 Å². The Labute approximate surface area is 143 Å². The summed E-state index contributed by atoms with van der Waals surface area (Å²) in [6.07, 6.45) is -0.321. The SMILES string of the molecule is CC[C@@H](Oc1ccccc1)C(=O)OCn1nnc2ccccc2c1=O. The van der Waals surface area contributed by atoms with Gasteiger partial charge in [-0.15, -0.1) is 5.10 Å². The van der Waals surface area contributed by atoms with Gasteiger partial charge in [0.25, 0.3) is 5.56 Å². The minimum atomic E-state index is -0.758. The fourth-order valence-corrected chi connectivity index (χ4v) is 2.29. The van der Waals surface area contributed by atoms with Crippen LogP contribution in [0.4, 0.5) is 0 Å². The number of rotatable bonds is 6. The molecule has 0 amide bonds. The third-order valence-electron chi connectivity index (χ3n) is 3.61. The second-order valence-corrected chi connectivity index (χ2v) is 5.33. The van der Waals surface area contributed by atoms with E-state index in [4.69, 9.17) is 9.47 Å². The van der Waals surface area contributed by atoms with Gasteiger partial charge in [-0.2, -0.15) is 4.68 Å². The molecule has 0 aliphatic carbocycles. The molecule has 0 saturated carbocycles. The molecule has 0 bridgehead atoms. The number of benzene rings is 2. The molecule has 1 heterocycles. The molecule has 25 heavy (non-hydrogen) atoms. The molecule has 2 aromatic carbocycles. The number of carbonyl (C=O) groups is 1. The van der Waals surface area contributed by atoms with Crippen LogP contribution in [0.5, 0.6) is 5.75 Å². The van der Waals surface area contributed by atoms with Crippen molar-refractivity contribution < 1.29 is 14.3 Å². The summed E-state index contributed by atoms with van der Waals surface area (Å²) in [5.74, 6) is 0.0159. The molecule has 128 valence electrons. The molecule has 0 aliphatic rings. The van der Waals surface area contributed by atoms with Gasteiger partial charge in [0.15, 0.2) is 12.8 Å². The molecular weight excluding hydrogens is 322 g/mol. The van der Waals surface area contributed by atoms with Crippen LogP contribution in [0, 0.1) is 0 Å². The number of hydrogen-bond donors (Lipinski definition) is 0. The number of aromatic nitrogens is 3. The fraction of sp³-hybridized carbons (Fsp3) is 0.222. The first kappa shape index (κ1) is 16.6. The minimum absolute atomic E-state index is 0.315. The average Bonchev–Trinajstić information content (AvgIpc) is 2.66. The zero-order chi connectivity index (χ0) is 17.6. The van der Waals surface area contributed by atoms with Crippen molar-refractivity contribution in [3.63, 3.8) is 0 Å². The maximum Gasteiger partial charge on any atom is 0.349 e. The lowest BCUT2D eigenvalue weighted by atomic mass is 10.2. The lowest BCUT2D eigenvalue weighted by Crippen LogP contribution is -2.32. The van der Waals surface area contributed by atoms with E-state index in [-0.39, 0.29) is 12.3 Å². The monoisotopic (exact) mass is 339 g/mol. The first-order chi connectivity index (χ1) is 12.2. The van der Waals surface area contributed by atoms with Gasteiger partial charge in [0.05, 0.1) is 5.39 Å². The lowest BCUT2D eigenvalue weighted by Gasteiger charge is -2.16. The van der Waals surface area contributed by atoms with Crippen LogP contribution in [-0.2, 0) is 16.3 Å². The average molecular weight is 339 g/mol. The van der Waals surface area contributed by atoms with Gasteiger partial charge >= 0.3 is 5.97 Å². The highest BCUT2D eigenvalue weighted by Crippen LogP contribution is 2.13. The van der Waals surface area contributed by atoms with E-state index in [0.29, 0.717) is 23.1 Å². The Morgan fingerprint density at radius 2 is 1.84 bits per heavy atom. The zero-order valence-corrected chi connectivity index (χ0v) is 13.7. The molecule has 0 aliphatic heterocycles. The second kappa shape index (κ2) is 7.57. The van der Waals surface area contributed by atoms with Crippen LogP contribution in [0.2, 0.25) is 0 Å². The normalized spacial score (nSPS) is 11.9. The molecule has 0 radical (unpaired) electrons. The Morgan fingerprint density at radius 3 is 2.60 bits per heavy atom. The number of nitrogens with zero attached hydrogens (tertiary/aromatic N) is 3. The van der Waals surface area contributed by atoms with Gasteiger partial charge in [-0.3, -0.25) is 4.79 Å². The molecule has 7 nitrogen and oxygen atoms in total. The minimum Gasteiger partial charge on any atom is -0.479 e. The molecule has 1 aromatic heterocycles. The first-order valence-electron chi connectivity index (χ1n) is 7.90. The molecule has 0 N–H and O–H groups in total. The van der Waals surface area contributed by atoms with Crippen LogP contribution in [0.15, 0.2) is 59.4 Å². The van der Waals surface area contributed by atoms with Crippen molar-refractivity contribution in [1.82, 2.24) is 15.0 Å². The number of fused-ring (bicyclic) bond motifs is 1. The highest BCUT2D eigenvalue weighted by molar-refractivity contribution is 5.76. The summed E-state index contributed by atoms with van der Waals surface area (Å²) in [6.45, 7) is 1.50. The zero-order valence-electron chi connectivity index (χ0n) is 13.7. The summed E-state index contributed by atoms with van der Waals surface area (Å²) < 4.78 is 11.8. The van der Waals surface area contributed by atoms with Crippen molar-refractivity contribution in [3.8, 4) is 5.75 Å². The van der Waals surface area contributed by atoms with E-state index < -0.39 is 12.1 Å². The summed E-state index contributed by atoms with van der Waals surface area (Å²) >= 11 is 0. The molecule has 0 fully saturated rings. The van der Waals surface area contributed by atoms with Crippen molar-refractivity contribution in [1.29, 1.82) is 0 Å². The maximum atomic E-state index is 12.3. The first-order valence-corrected chi connectivity index (χ1v) is 7.90. The van der Waals surface area contributed by atoms with Gasteiger partial charge in [0, 0.05) is 0 Å². The largest absolute Gasteiger partial charge is 0.479 e. The smallest absolute Gasteiger partial charge is 0.349 e. The van der Waals surface area contributed by atoms with Gasteiger partial charge < -0.3 is 9.47 Å². The van der Waals surface area contributed by atoms with Gasteiger partial charge in [0.1, 0.15) is 11.3 Å². The number of hydrogen-bond acceptors (Lipinski definition) is 6. The van der Waals surface area contributed by atoms with E-state index in [1.165, 1.54) is 0 Å². The van der Waals surface area contributed by atoms with Crippen LogP contribution in [0.3, 0.4) is 0 Å². The molecule has 0 saturated heterocycles. The third-order valence-corrected chi connectivity index (χ3v) is 3.61. The van der Waals surface area contributed by atoms with Crippen molar-refractivity contribution in [2.45, 2.75) is 26.2 Å². The summed E-state index contributed by atoms with van der Waals surface area (Å²) in [5.41, 5.74) is 0.129. The van der Waals surface area contributed by atoms with Crippen LogP contribution < -0.4 is 10.3 Å². The maximum absolute atomic E-state index is 12.3. The Morgan fingerprint density at radius 1 is 1.12 bits per heavy atom. The molecule has 0 unspecified atom stereocenters. The topological polar surface area (TPSA) is 83.3 Å². The van der Waals surface area contributed by atoms with Crippen molar-refractivity contribution in [2.75, 3.05) is 0 Å². The Bertz CT molecular complexity index is 924. The summed E-state index contributed by atoms with van der Waals surface area (Å²) in [6, 6.07) is 15.9. The molecular formula is C18H17N3O4. The van der Waals surface area contributed by atoms with Crippen molar-refractivity contribution in [2.24, 2.45) is 0 Å². The number of carbonyl (C=O) groups excluding carboxylic acids is 1. The van der Waals surface area contributed by atoms with Crippen molar-refractivity contribution in [3.05, 3.63) is 65.0 Å². The third kappa shape index (κ3) is 3.82. The van der Waals surface area contributed by atoms with Crippen LogP contribution in [0.25, 0.3) is 10.9 Å². The van der Waals surface area contributed by atoms with Crippen LogP contribution in [0.1, 0.15) is 13.3 Å². The van der Waals surface area contributed by atoms with Gasteiger partial charge in [-0.1, -0.05) is 42.5 Å². The lowest BCUT2D eigenvalue weighted by molar-refractivity contribution is -0.156. The summed E-state index contributed by atoms with van der Waals surface area (Å²) in [5, 5.41) is 8.14. The highest BCUT2D eigenvalue weighted by atomic mass is 16.6. The fourth-order valence-electron chi connectivity index (χ4n) is 2.29. The predicted octanol–water partition coefficient (Wildman–Crippen LogP) is 2.15. The Hall–Kier alpha value is -3.22. The van der Waals surface area contributed by atoms with Gasteiger partial charge in [-0.05, 0) is 30.7 Å². The van der Waals surface area contributed by atoms with Gasteiger partial charge in [0.2, 0.25) is 0 Å². The number of para-hydroxylation sites is 1. The van der Waals surface area contributed by atoms with Crippen LogP contribution in [-0.4, -0.2) is 27.1 Å². The van der Waals surface area contributed by atoms with E-state index in [0.717, 1.165) is 4.68 Å². The second-order valence-electron chi connectivity index (χ2n) is 5.33. The van der Waals surface area contributed by atoms with E-state index in [2.05, 4.69) is 10.3 Å². The number of ether oxygens (including phenoxy) is 2. The Balaban J connectivity index is 1.69. The standard InChI is InChI=1S/C18H17N3O4/c1-2-16(25-13-8-4-3-5-9-13)18(23)24-12-21-17(22)14-10-6-7-11-15(14)19-20-21/h3-11,16H,2,12H2,1H3/t16-/m1/s1. The molecule has 3 rings (SSSR count). The van der Waals surface area contributed by atoms with Gasteiger partial charge in [-0.25, -0.2) is 4.79 Å². The molecule has 3 aromatic rings. The summed E-state index contributed by atoms with van der Waals surface area (Å²) in [4.78, 5) is 24.5. The molecule has 0 spiro atoms. The summed E-state index contributed by atoms with van der Waals surface area (Å²) in [7, 11) is 0. The van der Waals surface area contributed by atoms with E-state index >= 15 is 0 Å². The van der Waals surface area contributed by atoms with E-state index in [9.17, 15) is 9.59 Å². The number of esters is 1. The molecule has 1 atom stereocenters. The van der Waals surface area contributed by atoms with Crippen LogP contribution >= 0.6 is 0 Å². The quantitative estimate of drug-likeness (QED) is 0.640. The predicted molar refractivity (Wildman–Crippen MR) is 91.0 cm³/mol. The molecule has 7 heteroatoms. The highest BCUT2D eigenvalue weighted by Gasteiger charge is 2.20.